The number of amides is 1. The van der Waals surface area contributed by atoms with E-state index < -0.39 is 0 Å². The van der Waals surface area contributed by atoms with Crippen LogP contribution in [-0.2, 0) is 0 Å². The van der Waals surface area contributed by atoms with Gasteiger partial charge in [-0.25, -0.2) is 14.5 Å². The largest absolute Gasteiger partial charge is 0.320 e. The number of fused-ring (bicyclic) bond motifs is 3. The van der Waals surface area contributed by atoms with Crippen molar-refractivity contribution in [2.45, 2.75) is 18.8 Å². The third-order valence-electron chi connectivity index (χ3n) is 5.28. The first-order valence-corrected chi connectivity index (χ1v) is 9.53. The Balaban J connectivity index is 1.65. The third-order valence-corrected chi connectivity index (χ3v) is 5.28. The van der Waals surface area contributed by atoms with Crippen LogP contribution in [0.15, 0.2) is 47.7 Å². The van der Waals surface area contributed by atoms with Crippen molar-refractivity contribution >= 4 is 28.1 Å². The molecule has 1 aliphatic rings. The van der Waals surface area contributed by atoms with E-state index in [0.29, 0.717) is 22.2 Å². The van der Waals surface area contributed by atoms with Gasteiger partial charge in [0, 0.05) is 18.2 Å². The number of hydrogen-bond donors (Lipinski definition) is 3. The summed E-state index contributed by atoms with van der Waals surface area (Å²) in [5, 5.41) is 11.6. The third kappa shape index (κ3) is 3.15. The van der Waals surface area contributed by atoms with Gasteiger partial charge < -0.3 is 15.6 Å². The van der Waals surface area contributed by atoms with Gasteiger partial charge in [0.05, 0.1) is 22.3 Å². The molecule has 1 amide bonds. The number of aromatic amines is 1. The van der Waals surface area contributed by atoms with Gasteiger partial charge >= 0.3 is 0 Å². The van der Waals surface area contributed by atoms with E-state index in [0.717, 1.165) is 31.6 Å². The first-order valence-electron chi connectivity index (χ1n) is 9.53. The highest BCUT2D eigenvalue weighted by molar-refractivity contribution is 6.11. The van der Waals surface area contributed by atoms with E-state index in [1.807, 2.05) is 16.6 Å². The van der Waals surface area contributed by atoms with Gasteiger partial charge in [0.25, 0.3) is 11.5 Å². The molecule has 3 aromatic heterocycles. The molecule has 1 saturated heterocycles. The molecule has 0 unspecified atom stereocenters. The van der Waals surface area contributed by atoms with E-state index in [4.69, 9.17) is 5.10 Å². The Kier molecular flexibility index (Phi) is 4.28. The lowest BCUT2D eigenvalue weighted by atomic mass is 9.94. The van der Waals surface area contributed by atoms with Crippen molar-refractivity contribution in [2.75, 3.05) is 18.4 Å². The molecule has 0 atom stereocenters. The van der Waals surface area contributed by atoms with Crippen LogP contribution in [0.2, 0.25) is 0 Å². The van der Waals surface area contributed by atoms with Crippen molar-refractivity contribution in [1.29, 1.82) is 0 Å². The molecule has 0 aliphatic carbocycles. The molecule has 9 nitrogen and oxygen atoms in total. The summed E-state index contributed by atoms with van der Waals surface area (Å²) in [6.45, 7) is 1.83. The summed E-state index contributed by atoms with van der Waals surface area (Å²) >= 11 is 0. The lowest BCUT2D eigenvalue weighted by molar-refractivity contribution is 0.102. The molecule has 9 heteroatoms. The Labute approximate surface area is 165 Å². The van der Waals surface area contributed by atoms with Crippen LogP contribution in [-0.4, -0.2) is 43.6 Å². The molecular formula is C20H19N7O2. The van der Waals surface area contributed by atoms with E-state index in [2.05, 4.69) is 25.6 Å². The van der Waals surface area contributed by atoms with Gasteiger partial charge in [0.15, 0.2) is 0 Å². The van der Waals surface area contributed by atoms with E-state index in [-0.39, 0.29) is 23.1 Å². The van der Waals surface area contributed by atoms with Gasteiger partial charge in [-0.1, -0.05) is 6.07 Å². The van der Waals surface area contributed by atoms with Gasteiger partial charge in [-0.05, 0) is 44.1 Å². The molecule has 4 heterocycles. The van der Waals surface area contributed by atoms with Gasteiger partial charge in [-0.3, -0.25) is 9.59 Å². The van der Waals surface area contributed by atoms with Gasteiger partial charge in [-0.15, -0.1) is 0 Å². The molecule has 1 aliphatic heterocycles. The average Bonchev–Trinajstić information content (AvgIpc) is 3.14. The van der Waals surface area contributed by atoms with Crippen LogP contribution in [0.1, 0.15) is 34.9 Å². The number of hydrogen-bond acceptors (Lipinski definition) is 6. The SMILES string of the molecule is O=C(Nc1cccc2nn3c(C4CCNCC4)cc(=O)[nH]c3c12)c1ccncn1. The second-order valence-corrected chi connectivity index (χ2v) is 7.09. The summed E-state index contributed by atoms with van der Waals surface area (Å²) in [6.07, 6.45) is 4.74. The number of carbonyl (C=O) groups is 1. The molecule has 0 radical (unpaired) electrons. The van der Waals surface area contributed by atoms with Gasteiger partial charge in [0.2, 0.25) is 0 Å². The lowest BCUT2D eigenvalue weighted by Crippen LogP contribution is -2.28. The number of piperidine rings is 1. The van der Waals surface area contributed by atoms with Crippen molar-refractivity contribution < 1.29 is 4.79 Å². The van der Waals surface area contributed by atoms with Gasteiger partial charge in [-0.2, -0.15) is 5.10 Å². The number of H-pyrrole nitrogens is 1. The monoisotopic (exact) mass is 389 g/mol. The van der Waals surface area contributed by atoms with Crippen LogP contribution in [0, 0.1) is 0 Å². The maximum absolute atomic E-state index is 12.6. The summed E-state index contributed by atoms with van der Waals surface area (Å²) in [4.78, 5) is 35.7. The fourth-order valence-corrected chi connectivity index (χ4v) is 3.91. The Morgan fingerprint density at radius 1 is 1.21 bits per heavy atom. The van der Waals surface area contributed by atoms with Crippen LogP contribution in [0.5, 0.6) is 0 Å². The fourth-order valence-electron chi connectivity index (χ4n) is 3.91. The first-order chi connectivity index (χ1) is 14.2. The molecule has 1 aromatic carbocycles. The molecule has 0 spiro atoms. The standard InChI is InChI=1S/C20H19N7O2/c28-17-10-16(12-4-7-21-8-5-12)27-19(25-17)18-13(2-1-3-14(18)26-27)24-20(29)15-6-9-22-11-23-15/h1-3,6,9-12,21H,4-5,7-8H2,(H,24,29)(H,25,28). The van der Waals surface area contributed by atoms with E-state index >= 15 is 0 Å². The molecule has 1 fully saturated rings. The summed E-state index contributed by atoms with van der Waals surface area (Å²) in [6, 6.07) is 8.66. The Hall–Kier alpha value is -3.59. The zero-order valence-corrected chi connectivity index (χ0v) is 15.6. The minimum atomic E-state index is -0.351. The van der Waals surface area contributed by atoms with Crippen molar-refractivity contribution in [3.05, 3.63) is 64.6 Å². The van der Waals surface area contributed by atoms with Crippen molar-refractivity contribution in [3.63, 3.8) is 0 Å². The highest BCUT2D eigenvalue weighted by atomic mass is 16.2. The maximum atomic E-state index is 12.6. The smallest absolute Gasteiger partial charge is 0.274 e. The second-order valence-electron chi connectivity index (χ2n) is 7.09. The van der Waals surface area contributed by atoms with Crippen LogP contribution in [0.25, 0.3) is 16.6 Å². The molecule has 29 heavy (non-hydrogen) atoms. The average molecular weight is 389 g/mol. The normalized spacial score (nSPS) is 15.0. The van der Waals surface area contributed by atoms with E-state index in [1.165, 1.54) is 12.5 Å². The van der Waals surface area contributed by atoms with Crippen LogP contribution < -0.4 is 16.2 Å². The summed E-state index contributed by atoms with van der Waals surface area (Å²) < 4.78 is 1.81. The van der Waals surface area contributed by atoms with Crippen LogP contribution in [0.4, 0.5) is 5.69 Å². The zero-order valence-electron chi connectivity index (χ0n) is 15.6. The van der Waals surface area contributed by atoms with E-state index in [1.54, 1.807) is 18.2 Å². The molecular weight excluding hydrogens is 370 g/mol. The zero-order chi connectivity index (χ0) is 19.8. The highest BCUT2D eigenvalue weighted by Crippen LogP contribution is 2.30. The number of benzene rings is 1. The molecule has 0 saturated carbocycles. The van der Waals surface area contributed by atoms with Crippen molar-refractivity contribution in [1.82, 2.24) is 29.9 Å². The number of aromatic nitrogens is 5. The second kappa shape index (κ2) is 7.10. The van der Waals surface area contributed by atoms with E-state index in [9.17, 15) is 9.59 Å². The lowest BCUT2D eigenvalue weighted by Gasteiger charge is -2.23. The predicted molar refractivity (Wildman–Crippen MR) is 108 cm³/mol. The summed E-state index contributed by atoms with van der Waals surface area (Å²) in [5.41, 5.74) is 2.83. The Morgan fingerprint density at radius 3 is 2.86 bits per heavy atom. The number of nitrogens with one attached hydrogen (secondary N) is 3. The topological polar surface area (TPSA) is 117 Å². The predicted octanol–water partition coefficient (Wildman–Crippen LogP) is 1.69. The minimum absolute atomic E-state index is 0.176. The first kappa shape index (κ1) is 17.5. The Bertz CT molecular complexity index is 1260. The van der Waals surface area contributed by atoms with Crippen molar-refractivity contribution in [3.8, 4) is 0 Å². The fraction of sp³-hybridized carbons (Fsp3) is 0.250. The van der Waals surface area contributed by atoms with Gasteiger partial charge in [0.1, 0.15) is 17.7 Å². The molecule has 5 rings (SSSR count). The maximum Gasteiger partial charge on any atom is 0.274 e. The summed E-state index contributed by atoms with van der Waals surface area (Å²) in [7, 11) is 0. The highest BCUT2D eigenvalue weighted by Gasteiger charge is 2.22. The number of rotatable bonds is 3. The minimum Gasteiger partial charge on any atom is -0.320 e. The molecule has 3 N–H and O–H groups in total. The van der Waals surface area contributed by atoms with Crippen LogP contribution in [0.3, 0.4) is 0 Å². The number of anilines is 1. The molecule has 0 bridgehead atoms. The van der Waals surface area contributed by atoms with Crippen LogP contribution >= 0.6 is 0 Å². The quantitative estimate of drug-likeness (QED) is 0.491. The molecule has 146 valence electrons. The van der Waals surface area contributed by atoms with Crippen molar-refractivity contribution in [2.24, 2.45) is 0 Å². The number of carbonyl (C=O) groups excluding carboxylic acids is 1. The number of nitrogens with zero attached hydrogens (tertiary/aromatic N) is 4. The Morgan fingerprint density at radius 2 is 2.07 bits per heavy atom. The summed E-state index contributed by atoms with van der Waals surface area (Å²) in [5.74, 6) is -0.0921. The molecule has 4 aromatic rings.